The van der Waals surface area contributed by atoms with Crippen molar-refractivity contribution >= 4 is 0 Å². The van der Waals surface area contributed by atoms with Crippen LogP contribution in [-0.2, 0) is 9.47 Å². The lowest BCUT2D eigenvalue weighted by atomic mass is 10.0. The topological polar surface area (TPSA) is 18.5 Å². The van der Waals surface area contributed by atoms with Crippen LogP contribution < -0.4 is 0 Å². The summed E-state index contributed by atoms with van der Waals surface area (Å²) in [5, 5.41) is 0. The number of rotatable bonds is 2. The zero-order valence-electron chi connectivity index (χ0n) is 10.6. The van der Waals surface area contributed by atoms with Gasteiger partial charge in [0, 0.05) is 13.2 Å². The van der Waals surface area contributed by atoms with Gasteiger partial charge in [-0.15, -0.1) is 0 Å². The summed E-state index contributed by atoms with van der Waals surface area (Å²) in [5.74, 6) is 0. The monoisotopic (exact) mass is 202 g/mol. The highest BCUT2D eigenvalue weighted by molar-refractivity contribution is 4.86. The summed E-state index contributed by atoms with van der Waals surface area (Å²) in [6.45, 7) is 14.3. The molecule has 0 aromatic rings. The predicted molar refractivity (Wildman–Crippen MR) is 60.6 cm³/mol. The van der Waals surface area contributed by atoms with Crippen molar-refractivity contribution in [1.82, 2.24) is 0 Å². The van der Waals surface area contributed by atoms with E-state index < -0.39 is 0 Å². The molecule has 1 fully saturated rings. The van der Waals surface area contributed by atoms with Gasteiger partial charge in [0.2, 0.25) is 0 Å². The van der Waals surface area contributed by atoms with Gasteiger partial charge in [-0.2, -0.15) is 0 Å². The van der Waals surface area contributed by atoms with Crippen molar-refractivity contribution < 1.29 is 9.47 Å². The number of hydrogen-bond acceptors (Lipinski definition) is 2. The summed E-state index contributed by atoms with van der Waals surface area (Å²) in [7, 11) is 0. The maximum atomic E-state index is 5.74. The van der Waals surface area contributed by atoms with Gasteiger partial charge < -0.3 is 9.47 Å². The average molecular weight is 202 g/mol. The Morgan fingerprint density at radius 1 is 0.929 bits per heavy atom. The highest BCUT2D eigenvalue weighted by Gasteiger charge is 2.36. The molecule has 0 saturated carbocycles. The molecule has 0 unspecified atom stereocenters. The molecular formula is C12H26O2. The van der Waals surface area contributed by atoms with Gasteiger partial charge in [-0.1, -0.05) is 0 Å². The molecule has 1 aliphatic heterocycles. The first-order valence-electron chi connectivity index (χ1n) is 5.61. The van der Waals surface area contributed by atoms with Crippen LogP contribution in [0.25, 0.3) is 0 Å². The molecule has 0 radical (unpaired) electrons. The molecule has 1 rings (SSSR count). The Labute approximate surface area is 89.0 Å². The van der Waals surface area contributed by atoms with E-state index in [9.17, 15) is 0 Å². The zero-order chi connectivity index (χ0) is 11.2. The lowest BCUT2D eigenvalue weighted by Gasteiger charge is -2.23. The summed E-state index contributed by atoms with van der Waals surface area (Å²) in [6, 6.07) is 0. The molecule has 0 atom stereocenters. The summed E-state index contributed by atoms with van der Waals surface area (Å²) in [6.07, 6.45) is 2.39. The first-order chi connectivity index (χ1) is 6.33. The lowest BCUT2D eigenvalue weighted by molar-refractivity contribution is -0.0643. The Morgan fingerprint density at radius 2 is 1.29 bits per heavy atom. The summed E-state index contributed by atoms with van der Waals surface area (Å²) in [5.41, 5.74) is 0.257. The largest absolute Gasteiger partial charge is 0.382 e. The van der Waals surface area contributed by atoms with E-state index in [2.05, 4.69) is 27.7 Å². The Kier molecular flexibility index (Phi) is 5.68. The summed E-state index contributed by atoms with van der Waals surface area (Å²) in [4.78, 5) is 0. The molecule has 1 aliphatic rings. The van der Waals surface area contributed by atoms with E-state index in [4.69, 9.17) is 9.47 Å². The third-order valence-corrected chi connectivity index (χ3v) is 2.29. The second kappa shape index (κ2) is 5.72. The summed E-state index contributed by atoms with van der Waals surface area (Å²) >= 11 is 0. The lowest BCUT2D eigenvalue weighted by Crippen LogP contribution is -2.25. The molecule has 86 valence electrons. The van der Waals surface area contributed by atoms with Gasteiger partial charge >= 0.3 is 0 Å². The quantitative estimate of drug-likeness (QED) is 0.683. The minimum Gasteiger partial charge on any atom is -0.382 e. The molecule has 0 aliphatic carbocycles. The van der Waals surface area contributed by atoms with E-state index in [1.807, 2.05) is 13.8 Å². The molecule has 0 spiro atoms. The molecule has 0 bridgehead atoms. The Hall–Kier alpha value is -0.0800. The average Bonchev–Trinajstić information content (AvgIpc) is 2.26. The molecule has 0 amide bonds. The smallest absolute Gasteiger partial charge is 0.0634 e. The van der Waals surface area contributed by atoms with E-state index in [1.165, 1.54) is 12.8 Å². The van der Waals surface area contributed by atoms with Crippen LogP contribution in [0.1, 0.15) is 54.4 Å². The highest BCUT2D eigenvalue weighted by Crippen LogP contribution is 2.36. The first-order valence-corrected chi connectivity index (χ1v) is 5.61. The molecule has 2 nitrogen and oxygen atoms in total. The molecule has 0 aromatic carbocycles. The molecule has 14 heavy (non-hydrogen) atoms. The van der Waals surface area contributed by atoms with Crippen molar-refractivity contribution in [1.29, 1.82) is 0 Å². The minimum absolute atomic E-state index is 0.128. The van der Waals surface area contributed by atoms with Crippen LogP contribution in [-0.4, -0.2) is 24.4 Å². The highest BCUT2D eigenvalue weighted by atomic mass is 16.5. The van der Waals surface area contributed by atoms with Gasteiger partial charge in [0.25, 0.3) is 0 Å². The van der Waals surface area contributed by atoms with Gasteiger partial charge in [0.1, 0.15) is 0 Å². The van der Waals surface area contributed by atoms with Gasteiger partial charge in [0.15, 0.2) is 0 Å². The van der Waals surface area contributed by atoms with Crippen molar-refractivity contribution in [3.63, 3.8) is 0 Å². The van der Waals surface area contributed by atoms with Crippen molar-refractivity contribution in [3.05, 3.63) is 0 Å². The van der Waals surface area contributed by atoms with Gasteiger partial charge in [-0.25, -0.2) is 0 Å². The van der Waals surface area contributed by atoms with Crippen LogP contribution in [0.15, 0.2) is 0 Å². The Bertz CT molecular complexity index is 134. The van der Waals surface area contributed by atoms with Crippen molar-refractivity contribution in [2.24, 2.45) is 0 Å². The molecule has 2 heteroatoms. The maximum Gasteiger partial charge on any atom is 0.0634 e. The molecule has 1 heterocycles. The fourth-order valence-corrected chi connectivity index (χ4v) is 1.66. The van der Waals surface area contributed by atoms with Crippen molar-refractivity contribution in [2.75, 3.05) is 13.2 Å². The van der Waals surface area contributed by atoms with Gasteiger partial charge in [0.05, 0.1) is 11.2 Å². The van der Waals surface area contributed by atoms with Crippen LogP contribution in [0.5, 0.6) is 0 Å². The van der Waals surface area contributed by atoms with E-state index in [0.717, 1.165) is 13.2 Å². The number of ether oxygens (including phenoxy) is 2. The summed E-state index contributed by atoms with van der Waals surface area (Å²) < 4.78 is 10.6. The third-order valence-electron chi connectivity index (χ3n) is 2.29. The van der Waals surface area contributed by atoms with E-state index in [-0.39, 0.29) is 11.2 Å². The number of hydrogen-bond donors (Lipinski definition) is 0. The Morgan fingerprint density at radius 3 is 1.36 bits per heavy atom. The molecule has 0 N–H and O–H groups in total. The normalized spacial score (nSPS) is 22.7. The minimum atomic E-state index is 0.128. The standard InChI is InChI=1S/C8H16O.C4H10O/c1-7(2)5-6-8(3,4)9-7;1-3-5-4-2/h5-6H2,1-4H3;3-4H2,1-2H3. The van der Waals surface area contributed by atoms with E-state index in [1.54, 1.807) is 0 Å². The molecule has 0 aromatic heterocycles. The second-order valence-corrected chi connectivity index (χ2v) is 4.90. The zero-order valence-corrected chi connectivity index (χ0v) is 10.6. The van der Waals surface area contributed by atoms with Crippen LogP contribution >= 0.6 is 0 Å². The predicted octanol–water partition coefficient (Wildman–Crippen LogP) is 3.40. The van der Waals surface area contributed by atoms with Crippen molar-refractivity contribution in [2.45, 2.75) is 65.6 Å². The fourth-order valence-electron chi connectivity index (χ4n) is 1.66. The van der Waals surface area contributed by atoms with Crippen LogP contribution in [0, 0.1) is 0 Å². The molecule has 1 saturated heterocycles. The fraction of sp³-hybridized carbons (Fsp3) is 1.00. The van der Waals surface area contributed by atoms with Crippen molar-refractivity contribution in [3.8, 4) is 0 Å². The van der Waals surface area contributed by atoms with Crippen LogP contribution in [0.4, 0.5) is 0 Å². The maximum absolute atomic E-state index is 5.74. The van der Waals surface area contributed by atoms with Crippen LogP contribution in [0.3, 0.4) is 0 Å². The molecular weight excluding hydrogens is 176 g/mol. The SMILES string of the molecule is CC1(C)CCC(C)(C)O1.CCOCC. The van der Waals surface area contributed by atoms with E-state index in [0.29, 0.717) is 0 Å². The second-order valence-electron chi connectivity index (χ2n) is 4.90. The van der Waals surface area contributed by atoms with Crippen LogP contribution in [0.2, 0.25) is 0 Å². The van der Waals surface area contributed by atoms with Gasteiger partial charge in [-0.3, -0.25) is 0 Å². The third kappa shape index (κ3) is 6.39. The van der Waals surface area contributed by atoms with Gasteiger partial charge in [-0.05, 0) is 54.4 Å². The van der Waals surface area contributed by atoms with E-state index >= 15 is 0 Å². The first kappa shape index (κ1) is 13.9. The Balaban J connectivity index is 0.000000292.